The number of thiocarbonyl (C=S) groups is 1. The third kappa shape index (κ3) is 4.23. The van der Waals surface area contributed by atoms with E-state index in [1.807, 2.05) is 0 Å². The molecule has 0 unspecified atom stereocenters. The summed E-state index contributed by atoms with van der Waals surface area (Å²) >= 11 is 4.63. The highest BCUT2D eigenvalue weighted by Gasteiger charge is 2.26. The Morgan fingerprint density at radius 2 is 1.83 bits per heavy atom. The van der Waals surface area contributed by atoms with Gasteiger partial charge in [0.25, 0.3) is 0 Å². The van der Waals surface area contributed by atoms with Gasteiger partial charge in [-0.2, -0.15) is 0 Å². The van der Waals surface area contributed by atoms with Gasteiger partial charge in [-0.1, -0.05) is 12.2 Å². The van der Waals surface area contributed by atoms with E-state index in [9.17, 15) is 9.59 Å². The van der Waals surface area contributed by atoms with Crippen LogP contribution in [0.2, 0.25) is 0 Å². The molecular weight excluding hydrogens is 252 g/mol. The second-order valence-corrected chi connectivity index (χ2v) is 5.10. The summed E-state index contributed by atoms with van der Waals surface area (Å²) in [7, 11) is 0. The molecule has 18 heavy (non-hydrogen) atoms. The van der Waals surface area contributed by atoms with Gasteiger partial charge in [-0.25, -0.2) is 0 Å². The number of carbonyl (C=O) groups excluding carboxylic acids is 2. The number of nitrogens with two attached hydrogens (primary N) is 1. The highest BCUT2D eigenvalue weighted by Crippen LogP contribution is 2.05. The van der Waals surface area contributed by atoms with E-state index in [1.165, 1.54) is 0 Å². The molecule has 2 amide bonds. The minimum atomic E-state index is -0.638. The Bertz CT molecular complexity index is 338. The average Bonchev–Trinajstić information content (AvgIpc) is 2.35. The number of nitrogens with zero attached hydrogens (tertiary/aromatic N) is 2. The smallest absolute Gasteiger partial charge is 0.311 e. The van der Waals surface area contributed by atoms with Gasteiger partial charge in [-0.15, -0.1) is 0 Å². The average molecular weight is 272 g/mol. The molecule has 7 heteroatoms. The maximum absolute atomic E-state index is 11.8. The van der Waals surface area contributed by atoms with E-state index in [0.29, 0.717) is 19.1 Å². The molecule has 0 aromatic heterocycles. The van der Waals surface area contributed by atoms with E-state index in [4.69, 9.17) is 5.73 Å². The van der Waals surface area contributed by atoms with Crippen LogP contribution in [-0.2, 0) is 9.59 Å². The van der Waals surface area contributed by atoms with Crippen LogP contribution in [0.5, 0.6) is 0 Å². The third-order valence-corrected chi connectivity index (χ3v) is 3.09. The van der Waals surface area contributed by atoms with Crippen LogP contribution in [0, 0.1) is 0 Å². The number of rotatable bonds is 3. The number of hydrogen-bond donors (Lipinski definition) is 2. The molecule has 0 saturated carbocycles. The van der Waals surface area contributed by atoms with Crippen molar-refractivity contribution in [2.24, 2.45) is 5.73 Å². The van der Waals surface area contributed by atoms with Crippen LogP contribution in [0.3, 0.4) is 0 Å². The maximum Gasteiger partial charge on any atom is 0.311 e. The first-order valence-corrected chi connectivity index (χ1v) is 6.42. The fourth-order valence-corrected chi connectivity index (χ4v) is 1.90. The Kier molecular flexibility index (Phi) is 5.49. The van der Waals surface area contributed by atoms with E-state index in [0.717, 1.165) is 13.1 Å². The fraction of sp³-hybridized carbons (Fsp3) is 0.727. The standard InChI is InChI=1S/C11H20N4O2S/c1-8(2)14-3-5-15(6-4-14)11(17)10(16)13-7-9(12)18/h8H,3-7H2,1-2H3,(H2,12,18)(H,13,16). The van der Waals surface area contributed by atoms with Crippen LogP contribution >= 0.6 is 12.2 Å². The van der Waals surface area contributed by atoms with Gasteiger partial charge in [0.2, 0.25) is 0 Å². The lowest BCUT2D eigenvalue weighted by atomic mass is 10.2. The van der Waals surface area contributed by atoms with E-state index in [-0.39, 0.29) is 11.5 Å². The number of carbonyl (C=O) groups is 2. The molecule has 1 fully saturated rings. The summed E-state index contributed by atoms with van der Waals surface area (Å²) in [6.45, 7) is 7.05. The van der Waals surface area contributed by atoms with Gasteiger partial charge in [-0.05, 0) is 13.8 Å². The van der Waals surface area contributed by atoms with Crippen LogP contribution in [0.25, 0.3) is 0 Å². The normalized spacial score (nSPS) is 16.7. The molecule has 0 aromatic rings. The van der Waals surface area contributed by atoms with E-state index in [1.54, 1.807) is 4.90 Å². The van der Waals surface area contributed by atoms with Gasteiger partial charge in [0.15, 0.2) is 0 Å². The second-order valence-electron chi connectivity index (χ2n) is 4.57. The zero-order valence-corrected chi connectivity index (χ0v) is 11.6. The third-order valence-electron chi connectivity index (χ3n) is 2.95. The predicted octanol–water partition coefficient (Wildman–Crippen LogP) is -1.06. The van der Waals surface area contributed by atoms with Crippen molar-refractivity contribution in [1.82, 2.24) is 15.1 Å². The maximum atomic E-state index is 11.8. The Balaban J connectivity index is 2.40. The molecule has 0 aromatic carbocycles. The van der Waals surface area contributed by atoms with Crippen LogP contribution < -0.4 is 11.1 Å². The minimum absolute atomic E-state index is 0.0614. The molecule has 0 spiro atoms. The lowest BCUT2D eigenvalue weighted by molar-refractivity contribution is -0.147. The summed E-state index contributed by atoms with van der Waals surface area (Å²) < 4.78 is 0. The summed E-state index contributed by atoms with van der Waals surface area (Å²) in [6, 6.07) is 0.464. The zero-order chi connectivity index (χ0) is 13.7. The first kappa shape index (κ1) is 14.8. The Hall–Kier alpha value is -1.21. The molecule has 0 aliphatic carbocycles. The van der Waals surface area contributed by atoms with Crippen LogP contribution in [0.15, 0.2) is 0 Å². The van der Waals surface area contributed by atoms with Gasteiger partial charge < -0.3 is 16.0 Å². The van der Waals surface area contributed by atoms with E-state index < -0.39 is 11.8 Å². The lowest BCUT2D eigenvalue weighted by Crippen LogP contribution is -2.54. The first-order valence-electron chi connectivity index (χ1n) is 6.01. The first-order chi connectivity index (χ1) is 8.41. The number of amides is 2. The van der Waals surface area contributed by atoms with Crippen molar-refractivity contribution < 1.29 is 9.59 Å². The van der Waals surface area contributed by atoms with Gasteiger partial charge in [0.1, 0.15) is 0 Å². The highest BCUT2D eigenvalue weighted by molar-refractivity contribution is 7.80. The molecule has 0 radical (unpaired) electrons. The van der Waals surface area contributed by atoms with Crippen molar-refractivity contribution in [2.45, 2.75) is 19.9 Å². The van der Waals surface area contributed by atoms with Crippen molar-refractivity contribution in [3.63, 3.8) is 0 Å². The minimum Gasteiger partial charge on any atom is -0.392 e. The fourth-order valence-electron chi connectivity index (χ4n) is 1.83. The molecule has 102 valence electrons. The number of nitrogens with one attached hydrogen (secondary N) is 1. The zero-order valence-electron chi connectivity index (χ0n) is 10.8. The van der Waals surface area contributed by atoms with Crippen molar-refractivity contribution in [2.75, 3.05) is 32.7 Å². The van der Waals surface area contributed by atoms with Crippen molar-refractivity contribution in [3.8, 4) is 0 Å². The summed E-state index contributed by atoms with van der Waals surface area (Å²) in [5.74, 6) is -1.14. The molecule has 6 nitrogen and oxygen atoms in total. The van der Waals surface area contributed by atoms with Crippen LogP contribution in [0.1, 0.15) is 13.8 Å². The van der Waals surface area contributed by atoms with E-state index >= 15 is 0 Å². The summed E-state index contributed by atoms with van der Waals surface area (Å²) in [4.78, 5) is 27.3. The summed E-state index contributed by atoms with van der Waals surface area (Å²) in [5, 5.41) is 2.40. The van der Waals surface area contributed by atoms with Crippen molar-refractivity contribution in [3.05, 3.63) is 0 Å². The van der Waals surface area contributed by atoms with Gasteiger partial charge in [0, 0.05) is 32.2 Å². The van der Waals surface area contributed by atoms with Crippen LogP contribution in [-0.4, -0.2) is 65.4 Å². The largest absolute Gasteiger partial charge is 0.392 e. The van der Waals surface area contributed by atoms with Gasteiger partial charge in [-0.3, -0.25) is 14.5 Å². The molecule has 1 rings (SSSR count). The monoisotopic (exact) mass is 272 g/mol. The molecule has 0 atom stereocenters. The van der Waals surface area contributed by atoms with Crippen molar-refractivity contribution in [1.29, 1.82) is 0 Å². The Morgan fingerprint density at radius 1 is 1.28 bits per heavy atom. The summed E-state index contributed by atoms with van der Waals surface area (Å²) in [6.07, 6.45) is 0. The molecule has 3 N–H and O–H groups in total. The lowest BCUT2D eigenvalue weighted by Gasteiger charge is -2.36. The Labute approximate surface area is 112 Å². The molecule has 1 aliphatic rings. The Morgan fingerprint density at radius 3 is 2.28 bits per heavy atom. The molecular formula is C11H20N4O2S. The predicted molar refractivity (Wildman–Crippen MR) is 73.1 cm³/mol. The number of hydrogen-bond acceptors (Lipinski definition) is 4. The van der Waals surface area contributed by atoms with Gasteiger partial charge >= 0.3 is 11.8 Å². The topological polar surface area (TPSA) is 78.7 Å². The van der Waals surface area contributed by atoms with Crippen molar-refractivity contribution >= 4 is 29.0 Å². The second kappa shape index (κ2) is 6.65. The molecule has 1 heterocycles. The quantitative estimate of drug-likeness (QED) is 0.506. The highest BCUT2D eigenvalue weighted by atomic mass is 32.1. The SMILES string of the molecule is CC(C)N1CCN(C(=O)C(=O)NCC(N)=S)CC1. The summed E-state index contributed by atoms with van der Waals surface area (Å²) in [5.41, 5.74) is 5.26. The van der Waals surface area contributed by atoms with Crippen LogP contribution in [0.4, 0.5) is 0 Å². The van der Waals surface area contributed by atoms with Gasteiger partial charge in [0.05, 0.1) is 11.5 Å². The molecule has 1 aliphatic heterocycles. The van der Waals surface area contributed by atoms with E-state index in [2.05, 4.69) is 36.3 Å². The molecule has 0 bridgehead atoms. The molecule has 1 saturated heterocycles. The number of piperazine rings is 1.